The number of hydrogen-bond donors (Lipinski definition) is 2. The highest BCUT2D eigenvalue weighted by Crippen LogP contribution is 2.37. The molecule has 0 aliphatic rings. The van der Waals surface area contributed by atoms with Gasteiger partial charge in [0.15, 0.2) is 0 Å². The van der Waals surface area contributed by atoms with Gasteiger partial charge >= 0.3 is 5.97 Å². The van der Waals surface area contributed by atoms with Crippen molar-refractivity contribution in [2.24, 2.45) is 0 Å². The molecule has 2 N–H and O–H groups in total. The topological polar surface area (TPSA) is 58.6 Å². The van der Waals surface area contributed by atoms with E-state index >= 15 is 8.78 Å². The second-order valence-electron chi connectivity index (χ2n) is 8.61. The molecular weight excluding hydrogens is 436 g/mol. The highest BCUT2D eigenvalue weighted by Gasteiger charge is 2.34. The molecule has 3 aromatic rings. The third-order valence-corrected chi connectivity index (χ3v) is 5.70. The van der Waals surface area contributed by atoms with Crippen molar-refractivity contribution in [2.75, 3.05) is 13.1 Å². The van der Waals surface area contributed by atoms with E-state index < -0.39 is 11.9 Å². The number of carboxylic acid groups (broad SMARTS) is 1. The summed E-state index contributed by atoms with van der Waals surface area (Å²) in [5.41, 5.74) is 1.86. The third kappa shape index (κ3) is 6.87. The van der Waals surface area contributed by atoms with Crippen LogP contribution < -0.4 is 10.1 Å². The smallest absolute Gasteiger partial charge is 0.317 e. The molecule has 1 unspecified atom stereocenters. The number of carbonyl (C=O) groups is 1. The summed E-state index contributed by atoms with van der Waals surface area (Å²) in [5, 5.41) is 11.6. The van der Waals surface area contributed by atoms with Crippen LogP contribution in [-0.4, -0.2) is 24.2 Å². The lowest BCUT2D eigenvalue weighted by atomic mass is 9.96. The Balaban J connectivity index is 1.69. The van der Waals surface area contributed by atoms with E-state index in [9.17, 15) is 4.79 Å². The molecule has 0 aliphatic carbocycles. The van der Waals surface area contributed by atoms with Crippen LogP contribution in [-0.2, 0) is 10.7 Å². The van der Waals surface area contributed by atoms with Crippen LogP contribution in [0.2, 0.25) is 0 Å². The summed E-state index contributed by atoms with van der Waals surface area (Å²) in [7, 11) is 0. The van der Waals surface area contributed by atoms with Crippen molar-refractivity contribution in [3.8, 4) is 5.75 Å². The van der Waals surface area contributed by atoms with E-state index in [1.165, 1.54) is 24.3 Å². The molecule has 0 radical (unpaired) electrons. The van der Waals surface area contributed by atoms with Gasteiger partial charge in [0, 0.05) is 11.1 Å². The van der Waals surface area contributed by atoms with Gasteiger partial charge in [0.2, 0.25) is 0 Å². The van der Waals surface area contributed by atoms with Crippen molar-refractivity contribution in [2.45, 2.75) is 44.6 Å². The minimum Gasteiger partial charge on any atom is -0.486 e. The first-order chi connectivity index (χ1) is 16.3. The molecule has 0 fully saturated rings. The SMILES string of the molecule is CC(C)c1ccc(C(F)(F)c2ccc(OC(CCCNCC(=O)O)c3ccccc3)cc2)cc1. The molecule has 0 aliphatic heterocycles. The Morgan fingerprint density at radius 3 is 2.06 bits per heavy atom. The summed E-state index contributed by atoms with van der Waals surface area (Å²) in [5.74, 6) is -3.22. The highest BCUT2D eigenvalue weighted by atomic mass is 19.3. The Kier molecular flexibility index (Phi) is 8.77. The minimum atomic E-state index is -3.11. The fourth-order valence-electron chi connectivity index (χ4n) is 3.72. The Morgan fingerprint density at radius 2 is 1.50 bits per heavy atom. The maximum absolute atomic E-state index is 15.1. The lowest BCUT2D eigenvalue weighted by Gasteiger charge is -2.21. The fraction of sp³-hybridized carbons (Fsp3) is 0.321. The molecule has 6 heteroatoms. The molecule has 0 aromatic heterocycles. The third-order valence-electron chi connectivity index (χ3n) is 5.70. The number of benzene rings is 3. The summed E-state index contributed by atoms with van der Waals surface area (Å²) < 4.78 is 36.3. The predicted molar refractivity (Wildman–Crippen MR) is 130 cm³/mol. The summed E-state index contributed by atoms with van der Waals surface area (Å²) in [6.07, 6.45) is 1.08. The summed E-state index contributed by atoms with van der Waals surface area (Å²) >= 11 is 0. The van der Waals surface area contributed by atoms with Crippen LogP contribution in [0.4, 0.5) is 8.78 Å². The normalized spacial score (nSPS) is 12.5. The second-order valence-corrected chi connectivity index (χ2v) is 8.61. The van der Waals surface area contributed by atoms with Crippen LogP contribution in [0.1, 0.15) is 61.0 Å². The van der Waals surface area contributed by atoms with Gasteiger partial charge in [-0.3, -0.25) is 4.79 Å². The fourth-order valence-corrected chi connectivity index (χ4v) is 3.72. The van der Waals surface area contributed by atoms with Crippen molar-refractivity contribution in [3.63, 3.8) is 0 Å². The van der Waals surface area contributed by atoms with E-state index in [0.717, 1.165) is 11.1 Å². The van der Waals surface area contributed by atoms with E-state index in [2.05, 4.69) is 5.32 Å². The van der Waals surface area contributed by atoms with Gasteiger partial charge in [-0.2, -0.15) is 8.78 Å². The molecular formula is C28H31F2NO3. The number of rotatable bonds is 12. The van der Waals surface area contributed by atoms with Gasteiger partial charge in [-0.25, -0.2) is 0 Å². The second kappa shape index (κ2) is 11.7. The maximum Gasteiger partial charge on any atom is 0.317 e. The lowest BCUT2D eigenvalue weighted by molar-refractivity contribution is -0.135. The largest absolute Gasteiger partial charge is 0.486 e. The maximum atomic E-state index is 15.1. The van der Waals surface area contributed by atoms with Crippen LogP contribution in [0.3, 0.4) is 0 Å². The molecule has 3 aromatic carbocycles. The van der Waals surface area contributed by atoms with Crippen molar-refractivity contribution >= 4 is 5.97 Å². The van der Waals surface area contributed by atoms with Crippen LogP contribution >= 0.6 is 0 Å². The number of alkyl halides is 2. The van der Waals surface area contributed by atoms with Gasteiger partial charge < -0.3 is 15.2 Å². The van der Waals surface area contributed by atoms with E-state index in [-0.39, 0.29) is 29.7 Å². The number of nitrogens with one attached hydrogen (secondary N) is 1. The molecule has 34 heavy (non-hydrogen) atoms. The average molecular weight is 468 g/mol. The molecule has 0 heterocycles. The standard InChI is InChI=1S/C28H31F2NO3/c1-20(2)21-10-12-23(13-11-21)28(29,30)24-14-16-25(17-15-24)34-26(22-7-4-3-5-8-22)9-6-18-31-19-27(32)33/h3-5,7-8,10-17,20,26,31H,6,9,18-19H2,1-2H3,(H,32,33). The monoisotopic (exact) mass is 467 g/mol. The Labute approximate surface area is 199 Å². The molecule has 1 atom stereocenters. The first-order valence-corrected chi connectivity index (χ1v) is 11.5. The first kappa shape index (κ1) is 25.4. The van der Waals surface area contributed by atoms with Crippen LogP contribution in [0.15, 0.2) is 78.9 Å². The van der Waals surface area contributed by atoms with Crippen LogP contribution in [0.25, 0.3) is 0 Å². The Bertz CT molecular complexity index is 1040. The average Bonchev–Trinajstić information content (AvgIpc) is 2.84. The zero-order valence-electron chi connectivity index (χ0n) is 19.5. The van der Waals surface area contributed by atoms with E-state index in [0.29, 0.717) is 25.1 Å². The van der Waals surface area contributed by atoms with Crippen molar-refractivity contribution in [1.29, 1.82) is 0 Å². The zero-order chi connectivity index (χ0) is 24.6. The van der Waals surface area contributed by atoms with E-state index in [1.54, 1.807) is 24.3 Å². The predicted octanol–water partition coefficient (Wildman–Crippen LogP) is 6.52. The van der Waals surface area contributed by atoms with Gasteiger partial charge in [0.1, 0.15) is 11.9 Å². The quantitative estimate of drug-likeness (QED) is 0.298. The highest BCUT2D eigenvalue weighted by molar-refractivity contribution is 5.68. The van der Waals surface area contributed by atoms with Gasteiger partial charge in [0.05, 0.1) is 6.54 Å². The summed E-state index contributed by atoms with van der Waals surface area (Å²) in [6, 6.07) is 22.1. The van der Waals surface area contributed by atoms with E-state index in [1.807, 2.05) is 44.2 Å². The van der Waals surface area contributed by atoms with Crippen LogP contribution in [0, 0.1) is 0 Å². The molecule has 0 spiro atoms. The van der Waals surface area contributed by atoms with E-state index in [4.69, 9.17) is 9.84 Å². The zero-order valence-corrected chi connectivity index (χ0v) is 19.5. The first-order valence-electron chi connectivity index (χ1n) is 11.5. The van der Waals surface area contributed by atoms with Gasteiger partial charge in [-0.05, 0) is 60.7 Å². The Hall–Kier alpha value is -3.25. The minimum absolute atomic E-state index is 0.0402. The number of carboxylic acids is 1. The molecule has 180 valence electrons. The molecule has 4 nitrogen and oxygen atoms in total. The van der Waals surface area contributed by atoms with Gasteiger partial charge in [0.25, 0.3) is 5.92 Å². The molecule has 0 amide bonds. The summed E-state index contributed by atoms with van der Waals surface area (Å²) in [4.78, 5) is 10.6. The number of hydrogen-bond acceptors (Lipinski definition) is 3. The van der Waals surface area contributed by atoms with Gasteiger partial charge in [-0.15, -0.1) is 0 Å². The molecule has 0 bridgehead atoms. The van der Waals surface area contributed by atoms with Crippen molar-refractivity contribution in [3.05, 3.63) is 101 Å². The van der Waals surface area contributed by atoms with Crippen LogP contribution in [0.5, 0.6) is 5.75 Å². The van der Waals surface area contributed by atoms with Crippen molar-refractivity contribution in [1.82, 2.24) is 5.32 Å². The summed E-state index contributed by atoms with van der Waals surface area (Å²) in [6.45, 7) is 4.51. The number of ether oxygens (including phenoxy) is 1. The number of aliphatic carboxylic acids is 1. The molecule has 0 saturated carbocycles. The van der Waals surface area contributed by atoms with Gasteiger partial charge in [-0.1, -0.05) is 68.4 Å². The lowest BCUT2D eigenvalue weighted by Crippen LogP contribution is -2.24. The molecule has 3 rings (SSSR count). The molecule has 0 saturated heterocycles. The number of halogens is 2. The van der Waals surface area contributed by atoms with Crippen molar-refractivity contribution < 1.29 is 23.4 Å². The Morgan fingerprint density at radius 1 is 0.912 bits per heavy atom.